The second kappa shape index (κ2) is 7.67. The van der Waals surface area contributed by atoms with Gasteiger partial charge in [-0.1, -0.05) is 18.6 Å². The SMILES string of the molecule is CC1=C2CCCCC2=CCC1.CCCNC. The van der Waals surface area contributed by atoms with Crippen LogP contribution in [0.15, 0.2) is 22.8 Å². The highest BCUT2D eigenvalue weighted by molar-refractivity contribution is 5.39. The van der Waals surface area contributed by atoms with E-state index >= 15 is 0 Å². The van der Waals surface area contributed by atoms with Gasteiger partial charge in [-0.2, -0.15) is 0 Å². The van der Waals surface area contributed by atoms with Crippen LogP contribution in [0.2, 0.25) is 0 Å². The van der Waals surface area contributed by atoms with E-state index in [1.54, 1.807) is 16.7 Å². The zero-order chi connectivity index (χ0) is 11.8. The van der Waals surface area contributed by atoms with Crippen LogP contribution >= 0.6 is 0 Å². The number of nitrogens with one attached hydrogen (secondary N) is 1. The third-order valence-corrected chi connectivity index (χ3v) is 3.44. The highest BCUT2D eigenvalue weighted by Gasteiger charge is 2.16. The first-order chi connectivity index (χ1) is 7.79. The van der Waals surface area contributed by atoms with E-state index in [1.165, 1.54) is 44.9 Å². The Kier molecular flexibility index (Phi) is 6.47. The Balaban J connectivity index is 0.000000221. The molecule has 0 aromatic heterocycles. The normalized spacial score (nSPS) is 19.6. The lowest BCUT2D eigenvalue weighted by Crippen LogP contribution is -2.04. The van der Waals surface area contributed by atoms with Crippen molar-refractivity contribution in [2.75, 3.05) is 13.6 Å². The molecular formula is C15H27N. The Hall–Kier alpha value is -0.560. The molecule has 0 bridgehead atoms. The molecule has 92 valence electrons. The summed E-state index contributed by atoms with van der Waals surface area (Å²) >= 11 is 0. The number of hydrogen-bond acceptors (Lipinski definition) is 1. The predicted octanol–water partition coefficient (Wildman–Crippen LogP) is 4.21. The molecule has 0 spiro atoms. The lowest BCUT2D eigenvalue weighted by Gasteiger charge is -2.24. The summed E-state index contributed by atoms with van der Waals surface area (Å²) in [5.41, 5.74) is 5.06. The molecule has 2 rings (SSSR count). The van der Waals surface area contributed by atoms with Gasteiger partial charge in [0.2, 0.25) is 0 Å². The molecule has 0 radical (unpaired) electrons. The van der Waals surface area contributed by atoms with Crippen molar-refractivity contribution in [2.24, 2.45) is 0 Å². The monoisotopic (exact) mass is 221 g/mol. The molecule has 0 amide bonds. The Bertz CT molecular complexity index is 259. The lowest BCUT2D eigenvalue weighted by molar-refractivity contribution is 0.656. The number of hydrogen-bond donors (Lipinski definition) is 1. The zero-order valence-electron chi connectivity index (χ0n) is 11.2. The van der Waals surface area contributed by atoms with Crippen molar-refractivity contribution in [1.82, 2.24) is 5.32 Å². The van der Waals surface area contributed by atoms with E-state index in [1.807, 2.05) is 7.05 Å². The standard InChI is InChI=1S/C11H16.C4H11N/c1-9-5-4-7-10-6-2-3-8-11(9)10;1-3-4-5-2/h7H,2-6,8H2,1H3;5H,3-4H2,1-2H3. The summed E-state index contributed by atoms with van der Waals surface area (Å²) in [7, 11) is 1.96. The van der Waals surface area contributed by atoms with Gasteiger partial charge in [0.15, 0.2) is 0 Å². The highest BCUT2D eigenvalue weighted by Crippen LogP contribution is 2.35. The smallest absolute Gasteiger partial charge is 0.00546 e. The first-order valence-corrected chi connectivity index (χ1v) is 6.82. The van der Waals surface area contributed by atoms with Crippen LogP contribution in [0.5, 0.6) is 0 Å². The molecule has 0 aromatic carbocycles. The van der Waals surface area contributed by atoms with E-state index < -0.39 is 0 Å². The summed E-state index contributed by atoms with van der Waals surface area (Å²) in [6.07, 6.45) is 11.9. The molecule has 0 aliphatic heterocycles. The second-order valence-corrected chi connectivity index (χ2v) is 4.84. The average Bonchev–Trinajstić information content (AvgIpc) is 2.32. The molecular weight excluding hydrogens is 194 g/mol. The molecule has 1 saturated carbocycles. The first-order valence-electron chi connectivity index (χ1n) is 6.82. The van der Waals surface area contributed by atoms with Crippen molar-refractivity contribution < 1.29 is 0 Å². The summed E-state index contributed by atoms with van der Waals surface area (Å²) in [5, 5.41) is 3.02. The molecule has 0 atom stereocenters. The summed E-state index contributed by atoms with van der Waals surface area (Å²) in [6, 6.07) is 0. The molecule has 16 heavy (non-hydrogen) atoms. The Morgan fingerprint density at radius 1 is 1.19 bits per heavy atom. The molecule has 0 aromatic rings. The minimum absolute atomic E-state index is 1.14. The fourth-order valence-electron chi connectivity index (χ4n) is 2.51. The molecule has 0 saturated heterocycles. The van der Waals surface area contributed by atoms with Crippen LogP contribution < -0.4 is 5.32 Å². The predicted molar refractivity (Wildman–Crippen MR) is 72.7 cm³/mol. The fraction of sp³-hybridized carbons (Fsp3) is 0.733. The number of fused-ring (bicyclic) bond motifs is 1. The second-order valence-electron chi connectivity index (χ2n) is 4.84. The molecule has 0 unspecified atom stereocenters. The maximum Gasteiger partial charge on any atom is -0.00546 e. The molecule has 1 N–H and O–H groups in total. The van der Waals surface area contributed by atoms with Crippen molar-refractivity contribution >= 4 is 0 Å². The minimum atomic E-state index is 1.14. The molecule has 1 fully saturated rings. The maximum absolute atomic E-state index is 3.02. The summed E-state index contributed by atoms with van der Waals surface area (Å²) in [4.78, 5) is 0. The fourth-order valence-corrected chi connectivity index (χ4v) is 2.51. The molecule has 1 nitrogen and oxygen atoms in total. The quantitative estimate of drug-likeness (QED) is 0.736. The van der Waals surface area contributed by atoms with Crippen LogP contribution in [0.1, 0.15) is 58.8 Å². The van der Waals surface area contributed by atoms with Gasteiger partial charge in [-0.15, -0.1) is 0 Å². The number of rotatable bonds is 2. The van der Waals surface area contributed by atoms with E-state index in [4.69, 9.17) is 0 Å². The molecule has 2 aliphatic carbocycles. The van der Waals surface area contributed by atoms with Gasteiger partial charge in [0, 0.05) is 0 Å². The van der Waals surface area contributed by atoms with E-state index in [0.717, 1.165) is 6.54 Å². The van der Waals surface area contributed by atoms with Gasteiger partial charge >= 0.3 is 0 Å². The van der Waals surface area contributed by atoms with Gasteiger partial charge in [0.25, 0.3) is 0 Å². The van der Waals surface area contributed by atoms with Crippen LogP contribution in [0, 0.1) is 0 Å². The van der Waals surface area contributed by atoms with Crippen LogP contribution in [0.25, 0.3) is 0 Å². The van der Waals surface area contributed by atoms with Crippen LogP contribution in [-0.2, 0) is 0 Å². The summed E-state index contributed by atoms with van der Waals surface area (Å²) < 4.78 is 0. The Morgan fingerprint density at radius 2 is 1.94 bits per heavy atom. The highest BCUT2D eigenvalue weighted by atomic mass is 14.8. The maximum atomic E-state index is 3.02. The van der Waals surface area contributed by atoms with Crippen molar-refractivity contribution in [3.8, 4) is 0 Å². The zero-order valence-corrected chi connectivity index (χ0v) is 11.2. The van der Waals surface area contributed by atoms with E-state index in [0.29, 0.717) is 0 Å². The topological polar surface area (TPSA) is 12.0 Å². The van der Waals surface area contributed by atoms with Gasteiger partial charge in [-0.25, -0.2) is 0 Å². The third-order valence-electron chi connectivity index (χ3n) is 3.44. The average molecular weight is 221 g/mol. The van der Waals surface area contributed by atoms with E-state index in [-0.39, 0.29) is 0 Å². The van der Waals surface area contributed by atoms with Crippen molar-refractivity contribution in [2.45, 2.75) is 58.8 Å². The third kappa shape index (κ3) is 4.13. The first kappa shape index (κ1) is 13.5. The molecule has 2 aliphatic rings. The lowest BCUT2D eigenvalue weighted by atomic mass is 9.82. The van der Waals surface area contributed by atoms with Crippen LogP contribution in [0.4, 0.5) is 0 Å². The van der Waals surface area contributed by atoms with Gasteiger partial charge in [0.05, 0.1) is 0 Å². The van der Waals surface area contributed by atoms with Crippen LogP contribution in [-0.4, -0.2) is 13.6 Å². The largest absolute Gasteiger partial charge is 0.320 e. The summed E-state index contributed by atoms with van der Waals surface area (Å²) in [5.74, 6) is 0. The Morgan fingerprint density at radius 3 is 2.50 bits per heavy atom. The van der Waals surface area contributed by atoms with Gasteiger partial charge < -0.3 is 5.32 Å². The van der Waals surface area contributed by atoms with Crippen LogP contribution in [0.3, 0.4) is 0 Å². The van der Waals surface area contributed by atoms with E-state index in [9.17, 15) is 0 Å². The van der Waals surface area contributed by atoms with Gasteiger partial charge in [-0.3, -0.25) is 0 Å². The molecule has 1 heteroatoms. The molecule has 0 heterocycles. The van der Waals surface area contributed by atoms with E-state index in [2.05, 4.69) is 25.2 Å². The number of allylic oxidation sites excluding steroid dienone is 4. The Labute approximate surface area is 101 Å². The van der Waals surface area contributed by atoms with Gasteiger partial charge in [0.1, 0.15) is 0 Å². The van der Waals surface area contributed by atoms with Crippen molar-refractivity contribution in [3.05, 3.63) is 22.8 Å². The van der Waals surface area contributed by atoms with Crippen molar-refractivity contribution in [1.29, 1.82) is 0 Å². The van der Waals surface area contributed by atoms with Gasteiger partial charge in [-0.05, 0) is 76.6 Å². The van der Waals surface area contributed by atoms with Crippen molar-refractivity contribution in [3.63, 3.8) is 0 Å². The minimum Gasteiger partial charge on any atom is -0.320 e. The summed E-state index contributed by atoms with van der Waals surface area (Å²) in [6.45, 7) is 5.60.